The smallest absolute Gasteiger partial charge is 0.336 e. The zero-order valence-corrected chi connectivity index (χ0v) is 10.3. The molecule has 2 rings (SSSR count). The highest BCUT2D eigenvalue weighted by Crippen LogP contribution is 2.25. The summed E-state index contributed by atoms with van der Waals surface area (Å²) >= 11 is 0. The fraction of sp³-hybridized carbons (Fsp3) is 0.250. The van der Waals surface area contributed by atoms with E-state index in [9.17, 15) is 13.6 Å². The minimum atomic E-state index is -1.35. The van der Waals surface area contributed by atoms with Gasteiger partial charge in [0.2, 0.25) is 0 Å². The van der Waals surface area contributed by atoms with E-state index in [0.717, 1.165) is 6.07 Å². The second-order valence-electron chi connectivity index (χ2n) is 3.93. The number of carbonyl (C=O) groups is 1. The largest absolute Gasteiger partial charge is 0.478 e. The molecule has 100 valence electrons. The van der Waals surface area contributed by atoms with Gasteiger partial charge in [0.05, 0.1) is 5.56 Å². The third-order valence-electron chi connectivity index (χ3n) is 2.78. The van der Waals surface area contributed by atoms with Gasteiger partial charge in [-0.1, -0.05) is 0 Å². The number of aromatic carboxylic acids is 1. The number of aryl methyl sites for hydroxylation is 1. The lowest BCUT2D eigenvalue weighted by molar-refractivity contribution is 0.0697. The predicted octanol–water partition coefficient (Wildman–Crippen LogP) is 2.25. The molecule has 5 nitrogen and oxygen atoms in total. The van der Waals surface area contributed by atoms with E-state index in [-0.39, 0.29) is 17.0 Å². The summed E-state index contributed by atoms with van der Waals surface area (Å²) in [5.74, 6) is -2.91. The standard InChI is InChI=1S/C12H11F2N3O2/c1-3-17-6(2)15-16-11(17)7-4-9(13)10(14)5-8(7)12(18)19/h4-5H,3H2,1-2H3,(H,18,19). The molecule has 1 aromatic heterocycles. The fourth-order valence-corrected chi connectivity index (χ4v) is 1.87. The van der Waals surface area contributed by atoms with Crippen molar-refractivity contribution in [3.8, 4) is 11.4 Å². The van der Waals surface area contributed by atoms with Gasteiger partial charge in [0, 0.05) is 12.1 Å². The molecule has 1 N–H and O–H groups in total. The molecule has 0 aliphatic heterocycles. The van der Waals surface area contributed by atoms with Crippen molar-refractivity contribution in [3.05, 3.63) is 35.2 Å². The van der Waals surface area contributed by atoms with Gasteiger partial charge < -0.3 is 9.67 Å². The molecule has 0 fully saturated rings. The van der Waals surface area contributed by atoms with Gasteiger partial charge in [0.1, 0.15) is 5.82 Å². The van der Waals surface area contributed by atoms with Crippen LogP contribution in [0.2, 0.25) is 0 Å². The first-order valence-electron chi connectivity index (χ1n) is 5.58. The van der Waals surface area contributed by atoms with Crippen molar-refractivity contribution in [2.45, 2.75) is 20.4 Å². The van der Waals surface area contributed by atoms with E-state index >= 15 is 0 Å². The number of halogens is 2. The van der Waals surface area contributed by atoms with Gasteiger partial charge in [-0.3, -0.25) is 0 Å². The molecule has 7 heteroatoms. The van der Waals surface area contributed by atoms with E-state index in [1.807, 2.05) is 6.92 Å². The van der Waals surface area contributed by atoms with Crippen LogP contribution in [0.4, 0.5) is 8.78 Å². The number of carboxylic acids is 1. The van der Waals surface area contributed by atoms with Crippen molar-refractivity contribution in [1.82, 2.24) is 14.8 Å². The van der Waals surface area contributed by atoms with Crippen molar-refractivity contribution in [2.24, 2.45) is 0 Å². The molecular weight excluding hydrogens is 256 g/mol. The molecular formula is C12H11F2N3O2. The normalized spacial score (nSPS) is 10.7. The number of hydrogen-bond donors (Lipinski definition) is 1. The number of rotatable bonds is 3. The van der Waals surface area contributed by atoms with Crippen LogP contribution >= 0.6 is 0 Å². The summed E-state index contributed by atoms with van der Waals surface area (Å²) in [5, 5.41) is 16.7. The monoisotopic (exact) mass is 267 g/mol. The highest BCUT2D eigenvalue weighted by molar-refractivity contribution is 5.95. The van der Waals surface area contributed by atoms with Gasteiger partial charge in [-0.2, -0.15) is 0 Å². The molecule has 0 unspecified atom stereocenters. The summed E-state index contributed by atoms with van der Waals surface area (Å²) < 4.78 is 28.1. The van der Waals surface area contributed by atoms with Gasteiger partial charge in [-0.25, -0.2) is 13.6 Å². The Bertz CT molecular complexity index is 653. The third kappa shape index (κ3) is 2.18. The number of carboxylic acid groups (broad SMARTS) is 1. The highest BCUT2D eigenvalue weighted by atomic mass is 19.2. The van der Waals surface area contributed by atoms with Gasteiger partial charge in [-0.05, 0) is 26.0 Å². The Hall–Kier alpha value is -2.31. The Morgan fingerprint density at radius 2 is 1.95 bits per heavy atom. The first-order valence-corrected chi connectivity index (χ1v) is 5.58. The third-order valence-corrected chi connectivity index (χ3v) is 2.78. The van der Waals surface area contributed by atoms with Crippen LogP contribution in [-0.2, 0) is 6.54 Å². The van der Waals surface area contributed by atoms with Gasteiger partial charge >= 0.3 is 5.97 Å². The SMILES string of the molecule is CCn1c(C)nnc1-c1cc(F)c(F)cc1C(=O)O. The molecule has 0 radical (unpaired) electrons. The van der Waals surface area contributed by atoms with Crippen molar-refractivity contribution >= 4 is 5.97 Å². The Morgan fingerprint density at radius 1 is 1.32 bits per heavy atom. The van der Waals surface area contributed by atoms with Crippen LogP contribution in [0.5, 0.6) is 0 Å². The maximum Gasteiger partial charge on any atom is 0.336 e. The molecule has 19 heavy (non-hydrogen) atoms. The molecule has 0 atom stereocenters. The van der Waals surface area contributed by atoms with Crippen LogP contribution in [0.3, 0.4) is 0 Å². The molecule has 0 spiro atoms. The van der Waals surface area contributed by atoms with E-state index in [1.165, 1.54) is 0 Å². The lowest BCUT2D eigenvalue weighted by Crippen LogP contribution is -2.07. The lowest BCUT2D eigenvalue weighted by atomic mass is 10.1. The Kier molecular flexibility index (Phi) is 3.28. The summed E-state index contributed by atoms with van der Waals surface area (Å²) in [6.45, 7) is 4.01. The van der Waals surface area contributed by atoms with Crippen LogP contribution in [0.25, 0.3) is 11.4 Å². The van der Waals surface area contributed by atoms with E-state index in [2.05, 4.69) is 10.2 Å². The average Bonchev–Trinajstić information content (AvgIpc) is 2.72. The van der Waals surface area contributed by atoms with Crippen molar-refractivity contribution in [2.75, 3.05) is 0 Å². The summed E-state index contributed by atoms with van der Waals surface area (Å²) in [4.78, 5) is 11.1. The zero-order chi connectivity index (χ0) is 14.2. The first kappa shape index (κ1) is 13.1. The molecule has 0 aliphatic carbocycles. The number of aromatic nitrogens is 3. The number of nitrogens with zero attached hydrogens (tertiary/aromatic N) is 3. The molecule has 0 amide bonds. The second-order valence-corrected chi connectivity index (χ2v) is 3.93. The van der Waals surface area contributed by atoms with E-state index in [0.29, 0.717) is 18.4 Å². The topological polar surface area (TPSA) is 68.0 Å². The lowest BCUT2D eigenvalue weighted by Gasteiger charge is -2.08. The Balaban J connectivity index is 2.73. The van der Waals surface area contributed by atoms with Crippen LogP contribution in [-0.4, -0.2) is 25.8 Å². The summed E-state index contributed by atoms with van der Waals surface area (Å²) in [5.41, 5.74) is -0.338. The maximum absolute atomic E-state index is 13.3. The fourth-order valence-electron chi connectivity index (χ4n) is 1.87. The average molecular weight is 267 g/mol. The summed E-state index contributed by atoms with van der Waals surface area (Å²) in [6.07, 6.45) is 0. The van der Waals surface area contributed by atoms with Crippen LogP contribution in [0.15, 0.2) is 12.1 Å². The molecule has 0 bridgehead atoms. The maximum atomic E-state index is 13.3. The molecule has 0 saturated carbocycles. The van der Waals surface area contributed by atoms with Gasteiger partial charge in [-0.15, -0.1) is 10.2 Å². The molecule has 1 heterocycles. The van der Waals surface area contributed by atoms with Crippen molar-refractivity contribution in [3.63, 3.8) is 0 Å². The van der Waals surface area contributed by atoms with Crippen molar-refractivity contribution < 1.29 is 18.7 Å². The van der Waals surface area contributed by atoms with Crippen LogP contribution in [0.1, 0.15) is 23.1 Å². The Morgan fingerprint density at radius 3 is 2.53 bits per heavy atom. The summed E-state index contributed by atoms with van der Waals surface area (Å²) in [6, 6.07) is 1.48. The zero-order valence-electron chi connectivity index (χ0n) is 10.3. The van der Waals surface area contributed by atoms with E-state index in [4.69, 9.17) is 5.11 Å². The quantitative estimate of drug-likeness (QED) is 0.926. The number of benzene rings is 1. The molecule has 0 aliphatic rings. The Labute approximate surface area is 107 Å². The minimum absolute atomic E-state index is 0.00819. The van der Waals surface area contributed by atoms with Crippen LogP contribution < -0.4 is 0 Å². The predicted molar refractivity (Wildman–Crippen MR) is 62.7 cm³/mol. The van der Waals surface area contributed by atoms with Crippen LogP contribution in [0, 0.1) is 18.6 Å². The van der Waals surface area contributed by atoms with E-state index in [1.54, 1.807) is 11.5 Å². The van der Waals surface area contributed by atoms with Gasteiger partial charge in [0.15, 0.2) is 17.5 Å². The van der Waals surface area contributed by atoms with E-state index < -0.39 is 17.6 Å². The minimum Gasteiger partial charge on any atom is -0.478 e. The highest BCUT2D eigenvalue weighted by Gasteiger charge is 2.20. The first-order chi connectivity index (χ1) is 8.95. The number of hydrogen-bond acceptors (Lipinski definition) is 3. The van der Waals surface area contributed by atoms with Crippen molar-refractivity contribution in [1.29, 1.82) is 0 Å². The molecule has 2 aromatic rings. The van der Waals surface area contributed by atoms with Gasteiger partial charge in [0.25, 0.3) is 0 Å². The molecule has 0 saturated heterocycles. The summed E-state index contributed by atoms with van der Waals surface area (Å²) in [7, 11) is 0. The second kappa shape index (κ2) is 4.75. The molecule has 1 aromatic carbocycles.